The molecule has 2 aromatic rings. The summed E-state index contributed by atoms with van der Waals surface area (Å²) in [6.07, 6.45) is 3.60. The third-order valence-electron chi connectivity index (χ3n) is 3.94. The molecular weight excluding hydrogens is 301 g/mol. The number of benzene rings is 1. The zero-order valence-corrected chi connectivity index (χ0v) is 12.8. The summed E-state index contributed by atoms with van der Waals surface area (Å²) in [6.45, 7) is 2.34. The van der Waals surface area contributed by atoms with Crippen molar-refractivity contribution in [3.8, 4) is 0 Å². The topological polar surface area (TPSA) is 67.6 Å². The van der Waals surface area contributed by atoms with E-state index in [1.54, 1.807) is 10.9 Å². The Kier molecular flexibility index (Phi) is 4.40. The van der Waals surface area contributed by atoms with Crippen molar-refractivity contribution in [1.82, 2.24) is 14.7 Å². The Bertz CT molecular complexity index is 716. The first-order valence-electron chi connectivity index (χ1n) is 7.37. The molecule has 0 bridgehead atoms. The van der Waals surface area contributed by atoms with Gasteiger partial charge in [-0.15, -0.1) is 0 Å². The molecule has 7 heteroatoms. The monoisotopic (exact) mass is 319 g/mol. The van der Waals surface area contributed by atoms with E-state index < -0.39 is 11.8 Å². The zero-order chi connectivity index (χ0) is 16.4. The predicted octanol–water partition coefficient (Wildman–Crippen LogP) is 1.83. The summed E-state index contributed by atoms with van der Waals surface area (Å²) in [5.41, 5.74) is 1.45. The summed E-state index contributed by atoms with van der Waals surface area (Å²) < 4.78 is 21.5. The van der Waals surface area contributed by atoms with Gasteiger partial charge in [0, 0.05) is 44.0 Å². The van der Waals surface area contributed by atoms with Gasteiger partial charge in [0.2, 0.25) is 0 Å². The summed E-state index contributed by atoms with van der Waals surface area (Å²) in [5, 5.41) is 13.0. The van der Waals surface area contributed by atoms with E-state index in [1.807, 2.05) is 13.2 Å². The second-order valence-electron chi connectivity index (χ2n) is 5.65. The summed E-state index contributed by atoms with van der Waals surface area (Å²) in [5.74, 6) is -1.62. The molecule has 1 aliphatic heterocycles. The SMILES string of the molecule is Cn1cc(C2CN(Cc3ccc(C(=O)O)cc3F)CCO2)cn1. The average Bonchev–Trinajstić information content (AvgIpc) is 2.96. The van der Waals surface area contributed by atoms with Crippen LogP contribution in [0.4, 0.5) is 4.39 Å². The molecule has 0 spiro atoms. The third kappa shape index (κ3) is 3.57. The normalized spacial score (nSPS) is 19.0. The number of ether oxygens (including phenoxy) is 1. The smallest absolute Gasteiger partial charge is 0.335 e. The van der Waals surface area contributed by atoms with Gasteiger partial charge < -0.3 is 9.84 Å². The molecule has 122 valence electrons. The number of rotatable bonds is 4. The Morgan fingerprint density at radius 1 is 1.52 bits per heavy atom. The van der Waals surface area contributed by atoms with Crippen LogP contribution in [-0.2, 0) is 18.3 Å². The Labute approximate surface area is 133 Å². The molecule has 3 rings (SSSR count). The number of aromatic carboxylic acids is 1. The number of halogens is 1. The molecule has 1 N–H and O–H groups in total. The minimum Gasteiger partial charge on any atom is -0.478 e. The maximum absolute atomic E-state index is 14.1. The largest absolute Gasteiger partial charge is 0.478 e. The van der Waals surface area contributed by atoms with E-state index in [0.717, 1.165) is 11.6 Å². The van der Waals surface area contributed by atoms with Crippen LogP contribution in [0.1, 0.15) is 27.6 Å². The zero-order valence-electron chi connectivity index (χ0n) is 12.8. The number of nitrogens with zero attached hydrogens (tertiary/aromatic N) is 3. The van der Waals surface area contributed by atoms with Crippen LogP contribution in [-0.4, -0.2) is 45.5 Å². The van der Waals surface area contributed by atoms with Gasteiger partial charge in [0.15, 0.2) is 0 Å². The number of carboxylic acids is 1. The molecule has 0 saturated carbocycles. The van der Waals surface area contributed by atoms with E-state index in [1.165, 1.54) is 12.1 Å². The highest BCUT2D eigenvalue weighted by molar-refractivity contribution is 5.87. The minimum absolute atomic E-state index is 0.0403. The van der Waals surface area contributed by atoms with Gasteiger partial charge >= 0.3 is 5.97 Å². The van der Waals surface area contributed by atoms with Gasteiger partial charge in [0.25, 0.3) is 0 Å². The van der Waals surface area contributed by atoms with E-state index in [0.29, 0.717) is 31.8 Å². The Hall–Kier alpha value is -2.25. The summed E-state index contributed by atoms with van der Waals surface area (Å²) >= 11 is 0. The van der Waals surface area contributed by atoms with Gasteiger partial charge in [-0.25, -0.2) is 9.18 Å². The predicted molar refractivity (Wildman–Crippen MR) is 80.5 cm³/mol. The van der Waals surface area contributed by atoms with Gasteiger partial charge in [-0.2, -0.15) is 5.10 Å². The molecule has 1 aliphatic rings. The molecule has 1 fully saturated rings. The van der Waals surface area contributed by atoms with Crippen LogP contribution in [0.15, 0.2) is 30.6 Å². The number of carbonyl (C=O) groups is 1. The van der Waals surface area contributed by atoms with Gasteiger partial charge in [-0.3, -0.25) is 9.58 Å². The van der Waals surface area contributed by atoms with Gasteiger partial charge in [-0.1, -0.05) is 6.07 Å². The number of aromatic nitrogens is 2. The first-order chi connectivity index (χ1) is 11.0. The lowest BCUT2D eigenvalue weighted by Crippen LogP contribution is -2.37. The van der Waals surface area contributed by atoms with E-state index in [9.17, 15) is 9.18 Å². The molecule has 1 unspecified atom stereocenters. The first-order valence-corrected chi connectivity index (χ1v) is 7.37. The highest BCUT2D eigenvalue weighted by Crippen LogP contribution is 2.23. The lowest BCUT2D eigenvalue weighted by Gasteiger charge is -2.32. The second-order valence-corrected chi connectivity index (χ2v) is 5.65. The molecule has 1 atom stereocenters. The first kappa shape index (κ1) is 15.6. The maximum Gasteiger partial charge on any atom is 0.335 e. The molecule has 0 amide bonds. The Morgan fingerprint density at radius 2 is 2.35 bits per heavy atom. The van der Waals surface area contributed by atoms with Crippen LogP contribution in [0.25, 0.3) is 0 Å². The molecule has 2 heterocycles. The van der Waals surface area contributed by atoms with Crippen molar-refractivity contribution in [1.29, 1.82) is 0 Å². The fourth-order valence-corrected chi connectivity index (χ4v) is 2.70. The van der Waals surface area contributed by atoms with Crippen molar-refractivity contribution < 1.29 is 19.0 Å². The summed E-state index contributed by atoms with van der Waals surface area (Å²) in [7, 11) is 1.85. The lowest BCUT2D eigenvalue weighted by atomic mass is 10.1. The van der Waals surface area contributed by atoms with E-state index in [4.69, 9.17) is 9.84 Å². The third-order valence-corrected chi connectivity index (χ3v) is 3.94. The van der Waals surface area contributed by atoms with Crippen LogP contribution >= 0.6 is 0 Å². The van der Waals surface area contributed by atoms with E-state index in [-0.39, 0.29) is 11.7 Å². The molecule has 1 aromatic heterocycles. The minimum atomic E-state index is -1.13. The molecule has 23 heavy (non-hydrogen) atoms. The standard InChI is InChI=1S/C16H18FN3O3/c1-19-8-13(7-18-19)15-10-20(4-5-23-15)9-12-3-2-11(16(21)22)6-14(12)17/h2-3,6-8,15H,4-5,9-10H2,1H3,(H,21,22). The van der Waals surface area contributed by atoms with Gasteiger partial charge in [-0.05, 0) is 12.1 Å². The highest BCUT2D eigenvalue weighted by Gasteiger charge is 2.23. The van der Waals surface area contributed by atoms with Crippen molar-refractivity contribution in [2.75, 3.05) is 19.7 Å². The Morgan fingerprint density at radius 3 is 3.00 bits per heavy atom. The number of morpholine rings is 1. The van der Waals surface area contributed by atoms with Gasteiger partial charge in [0.05, 0.1) is 24.5 Å². The molecular formula is C16H18FN3O3. The number of hydrogen-bond donors (Lipinski definition) is 1. The van der Waals surface area contributed by atoms with Crippen molar-refractivity contribution in [2.45, 2.75) is 12.6 Å². The maximum atomic E-state index is 14.1. The molecule has 0 radical (unpaired) electrons. The quantitative estimate of drug-likeness (QED) is 0.931. The van der Waals surface area contributed by atoms with Crippen LogP contribution in [0, 0.1) is 5.82 Å². The lowest BCUT2D eigenvalue weighted by molar-refractivity contribution is -0.0332. The molecule has 1 saturated heterocycles. The van der Waals surface area contributed by atoms with E-state index in [2.05, 4.69) is 10.00 Å². The van der Waals surface area contributed by atoms with Crippen LogP contribution < -0.4 is 0 Å². The van der Waals surface area contributed by atoms with Crippen LogP contribution in [0.5, 0.6) is 0 Å². The van der Waals surface area contributed by atoms with Crippen LogP contribution in [0.2, 0.25) is 0 Å². The average molecular weight is 319 g/mol. The van der Waals surface area contributed by atoms with Crippen molar-refractivity contribution in [3.05, 3.63) is 53.1 Å². The van der Waals surface area contributed by atoms with Crippen molar-refractivity contribution >= 4 is 5.97 Å². The highest BCUT2D eigenvalue weighted by atomic mass is 19.1. The number of hydrogen-bond acceptors (Lipinski definition) is 4. The van der Waals surface area contributed by atoms with Crippen molar-refractivity contribution in [3.63, 3.8) is 0 Å². The molecule has 1 aromatic carbocycles. The molecule has 0 aliphatic carbocycles. The fourth-order valence-electron chi connectivity index (χ4n) is 2.70. The second kappa shape index (κ2) is 6.47. The van der Waals surface area contributed by atoms with E-state index >= 15 is 0 Å². The van der Waals surface area contributed by atoms with Gasteiger partial charge in [0.1, 0.15) is 5.82 Å². The Balaban J connectivity index is 1.69. The number of carboxylic acid groups (broad SMARTS) is 1. The summed E-state index contributed by atoms with van der Waals surface area (Å²) in [4.78, 5) is 13.0. The number of aryl methyl sites for hydroxylation is 1. The fraction of sp³-hybridized carbons (Fsp3) is 0.375. The molecule has 6 nitrogen and oxygen atoms in total. The summed E-state index contributed by atoms with van der Waals surface area (Å²) in [6, 6.07) is 4.03. The van der Waals surface area contributed by atoms with Crippen molar-refractivity contribution in [2.24, 2.45) is 7.05 Å². The van der Waals surface area contributed by atoms with Crippen LogP contribution in [0.3, 0.4) is 0 Å².